The topological polar surface area (TPSA) is 47.0 Å². The highest BCUT2D eigenvalue weighted by Crippen LogP contribution is 2.14. The molecule has 1 aliphatic rings. The zero-order valence-corrected chi connectivity index (χ0v) is 21.0. The molecule has 0 spiro atoms. The van der Waals surface area contributed by atoms with Crippen LogP contribution >= 0.6 is 24.0 Å². The van der Waals surface area contributed by atoms with Gasteiger partial charge in [0.25, 0.3) is 0 Å². The molecule has 164 valence electrons. The number of nitrogens with one attached hydrogen (secondary N) is 1. The lowest BCUT2D eigenvalue weighted by molar-refractivity contribution is 0.312. The minimum atomic E-state index is 0. The smallest absolute Gasteiger partial charge is 0.194 e. The Hall–Kier alpha value is -1.87. The molecular weight excluding hydrogens is 487 g/mol. The molecule has 0 atom stereocenters. The Bertz CT molecular complexity index is 800. The number of benzene rings is 1. The van der Waals surface area contributed by atoms with Crippen molar-refractivity contribution in [1.29, 1.82) is 0 Å². The number of nitrogens with zero attached hydrogens (tertiary/aromatic N) is 5. The van der Waals surface area contributed by atoms with E-state index in [1.165, 1.54) is 11.1 Å². The molecule has 1 saturated heterocycles. The number of guanidine groups is 1. The molecule has 7 heteroatoms. The molecule has 0 amide bonds. The van der Waals surface area contributed by atoms with Gasteiger partial charge in [-0.25, -0.2) is 9.98 Å². The number of aliphatic imine (C=N–C) groups is 1. The van der Waals surface area contributed by atoms with Crippen molar-refractivity contribution < 1.29 is 0 Å². The zero-order chi connectivity index (χ0) is 20.6. The monoisotopic (exact) mass is 522 g/mol. The number of aromatic nitrogens is 1. The molecule has 0 radical (unpaired) electrons. The summed E-state index contributed by atoms with van der Waals surface area (Å²) in [6.45, 7) is 10.8. The maximum atomic E-state index is 4.83. The van der Waals surface area contributed by atoms with E-state index in [4.69, 9.17) is 4.99 Å². The molecule has 3 rings (SSSR count). The van der Waals surface area contributed by atoms with Gasteiger partial charge >= 0.3 is 0 Å². The van der Waals surface area contributed by atoms with E-state index < -0.39 is 0 Å². The molecule has 6 nitrogen and oxygen atoms in total. The minimum Gasteiger partial charge on any atom is -0.357 e. The van der Waals surface area contributed by atoms with Gasteiger partial charge in [0.15, 0.2) is 5.96 Å². The molecule has 0 unspecified atom stereocenters. The van der Waals surface area contributed by atoms with Crippen molar-refractivity contribution in [2.45, 2.75) is 26.9 Å². The van der Waals surface area contributed by atoms with Crippen LogP contribution in [0.1, 0.15) is 23.6 Å². The van der Waals surface area contributed by atoms with Gasteiger partial charge < -0.3 is 20.0 Å². The number of hydrogen-bond acceptors (Lipinski definition) is 4. The average molecular weight is 522 g/mol. The molecule has 1 N–H and O–H groups in total. The third kappa shape index (κ3) is 6.84. The van der Waals surface area contributed by atoms with Gasteiger partial charge in [0.05, 0.1) is 6.54 Å². The standard InChI is InChI=1S/C23H34N6.HI/c1-5-24-23(28(4)18-21-9-7-6-8-19(21)2)26-17-20-10-11-22(25-16-20)29-14-12-27(3)13-15-29;/h6-11,16H,5,12-15,17-18H2,1-4H3,(H,24,26);1H. The molecule has 30 heavy (non-hydrogen) atoms. The number of halogens is 1. The van der Waals surface area contributed by atoms with Crippen LogP contribution in [0.3, 0.4) is 0 Å². The molecule has 0 saturated carbocycles. The number of anilines is 1. The highest BCUT2D eigenvalue weighted by atomic mass is 127. The first kappa shape index (κ1) is 24.4. The second-order valence-electron chi connectivity index (χ2n) is 7.77. The first-order valence-electron chi connectivity index (χ1n) is 10.5. The lowest BCUT2D eigenvalue weighted by atomic mass is 10.1. The largest absolute Gasteiger partial charge is 0.357 e. The number of aryl methyl sites for hydroxylation is 1. The second-order valence-corrected chi connectivity index (χ2v) is 7.77. The van der Waals surface area contributed by atoms with Crippen molar-refractivity contribution in [3.05, 3.63) is 59.3 Å². The molecule has 0 aliphatic carbocycles. The van der Waals surface area contributed by atoms with Crippen molar-refractivity contribution in [2.24, 2.45) is 4.99 Å². The first-order chi connectivity index (χ1) is 14.1. The number of rotatable bonds is 6. The maximum Gasteiger partial charge on any atom is 0.194 e. The fraction of sp³-hybridized carbons (Fsp3) is 0.478. The van der Waals surface area contributed by atoms with E-state index in [2.05, 4.69) is 89.3 Å². The predicted octanol–water partition coefficient (Wildman–Crippen LogP) is 3.36. The van der Waals surface area contributed by atoms with E-state index in [1.54, 1.807) is 0 Å². The second kappa shape index (κ2) is 12.1. The molecule has 0 bridgehead atoms. The fourth-order valence-electron chi connectivity index (χ4n) is 3.49. The average Bonchev–Trinajstić information content (AvgIpc) is 2.74. The Kier molecular flexibility index (Phi) is 9.84. The lowest BCUT2D eigenvalue weighted by Crippen LogP contribution is -2.44. The third-order valence-electron chi connectivity index (χ3n) is 5.41. The summed E-state index contributed by atoms with van der Waals surface area (Å²) in [5.74, 6) is 1.98. The summed E-state index contributed by atoms with van der Waals surface area (Å²) in [5.41, 5.74) is 3.75. The highest BCUT2D eigenvalue weighted by Gasteiger charge is 2.15. The summed E-state index contributed by atoms with van der Waals surface area (Å²) in [5, 5.41) is 3.40. The van der Waals surface area contributed by atoms with Crippen molar-refractivity contribution in [3.8, 4) is 0 Å². The van der Waals surface area contributed by atoms with Crippen molar-refractivity contribution in [3.63, 3.8) is 0 Å². The van der Waals surface area contributed by atoms with Crippen LogP contribution in [0.5, 0.6) is 0 Å². The van der Waals surface area contributed by atoms with E-state index in [1.807, 2.05) is 6.20 Å². The van der Waals surface area contributed by atoms with Gasteiger partial charge in [0.2, 0.25) is 0 Å². The van der Waals surface area contributed by atoms with Crippen LogP contribution in [0.15, 0.2) is 47.6 Å². The van der Waals surface area contributed by atoms with Gasteiger partial charge in [-0.05, 0) is 43.7 Å². The van der Waals surface area contributed by atoms with Crippen molar-refractivity contribution in [1.82, 2.24) is 20.1 Å². The Labute approximate surface area is 198 Å². The summed E-state index contributed by atoms with van der Waals surface area (Å²) in [4.78, 5) is 16.4. The van der Waals surface area contributed by atoms with Crippen LogP contribution in [0, 0.1) is 6.92 Å². The summed E-state index contributed by atoms with van der Waals surface area (Å²) in [6, 6.07) is 12.8. The fourth-order valence-corrected chi connectivity index (χ4v) is 3.49. The van der Waals surface area contributed by atoms with Crippen LogP contribution in [0.25, 0.3) is 0 Å². The summed E-state index contributed by atoms with van der Waals surface area (Å²) in [7, 11) is 4.26. The van der Waals surface area contributed by atoms with E-state index in [0.717, 1.165) is 56.6 Å². The molecule has 1 aromatic heterocycles. The van der Waals surface area contributed by atoms with Crippen molar-refractivity contribution >= 4 is 35.8 Å². The van der Waals surface area contributed by atoms with Gasteiger partial charge in [0.1, 0.15) is 5.82 Å². The molecule has 2 aromatic rings. The number of hydrogen-bond donors (Lipinski definition) is 1. The van der Waals surface area contributed by atoms with Gasteiger partial charge in [-0.3, -0.25) is 0 Å². The molecule has 2 heterocycles. The van der Waals surface area contributed by atoms with Crippen LogP contribution in [0.2, 0.25) is 0 Å². The van der Waals surface area contributed by atoms with Gasteiger partial charge in [-0.1, -0.05) is 30.3 Å². The van der Waals surface area contributed by atoms with Crippen LogP contribution in [-0.4, -0.2) is 67.6 Å². The van der Waals surface area contributed by atoms with Gasteiger partial charge in [-0.2, -0.15) is 0 Å². The Morgan fingerprint density at radius 3 is 2.50 bits per heavy atom. The van der Waals surface area contributed by atoms with Crippen molar-refractivity contribution in [2.75, 3.05) is 51.7 Å². The van der Waals surface area contributed by atoms with Gasteiger partial charge in [0, 0.05) is 52.5 Å². The first-order valence-corrected chi connectivity index (χ1v) is 10.5. The lowest BCUT2D eigenvalue weighted by Gasteiger charge is -2.33. The molecule has 1 fully saturated rings. The number of likely N-dealkylation sites (N-methyl/N-ethyl adjacent to an activating group) is 1. The summed E-state index contributed by atoms with van der Waals surface area (Å²) >= 11 is 0. The highest BCUT2D eigenvalue weighted by molar-refractivity contribution is 14.0. The Balaban J connectivity index is 0.00000320. The summed E-state index contributed by atoms with van der Waals surface area (Å²) < 4.78 is 0. The van der Waals surface area contributed by atoms with Crippen LogP contribution < -0.4 is 10.2 Å². The third-order valence-corrected chi connectivity index (χ3v) is 5.41. The van der Waals surface area contributed by atoms with E-state index in [9.17, 15) is 0 Å². The zero-order valence-electron chi connectivity index (χ0n) is 18.6. The summed E-state index contributed by atoms with van der Waals surface area (Å²) in [6.07, 6.45) is 1.96. The SMILES string of the molecule is CCNC(=NCc1ccc(N2CCN(C)CC2)nc1)N(C)Cc1ccccc1C.I. The number of pyridine rings is 1. The number of piperazine rings is 1. The predicted molar refractivity (Wildman–Crippen MR) is 137 cm³/mol. The Morgan fingerprint density at radius 1 is 1.13 bits per heavy atom. The quantitative estimate of drug-likeness (QED) is 0.358. The molecular formula is C23H35IN6. The van der Waals surface area contributed by atoms with E-state index >= 15 is 0 Å². The van der Waals surface area contributed by atoms with Crippen LogP contribution in [-0.2, 0) is 13.1 Å². The molecule has 1 aliphatic heterocycles. The van der Waals surface area contributed by atoms with E-state index in [0.29, 0.717) is 6.54 Å². The molecule has 1 aromatic carbocycles. The van der Waals surface area contributed by atoms with Crippen LogP contribution in [0.4, 0.5) is 5.82 Å². The van der Waals surface area contributed by atoms with E-state index in [-0.39, 0.29) is 24.0 Å². The normalized spacial score (nSPS) is 14.9. The van der Waals surface area contributed by atoms with Gasteiger partial charge in [-0.15, -0.1) is 24.0 Å². The maximum absolute atomic E-state index is 4.83. The Morgan fingerprint density at radius 2 is 1.87 bits per heavy atom. The minimum absolute atomic E-state index is 0.